The molecular formula is C31H27FN4O3. The number of aromatic nitrogens is 1. The highest BCUT2D eigenvalue weighted by Gasteiger charge is 2.45. The smallest absolute Gasteiger partial charge is 0.257 e. The van der Waals surface area contributed by atoms with E-state index in [1.54, 1.807) is 54.6 Å². The number of benzene rings is 2. The normalized spacial score (nSPS) is 14.1. The van der Waals surface area contributed by atoms with Crippen molar-refractivity contribution >= 4 is 22.9 Å². The summed E-state index contributed by atoms with van der Waals surface area (Å²) in [4.78, 5) is 30.8. The van der Waals surface area contributed by atoms with Gasteiger partial charge in [-0.1, -0.05) is 30.9 Å². The van der Waals surface area contributed by atoms with Gasteiger partial charge in [0.15, 0.2) is 5.58 Å². The van der Waals surface area contributed by atoms with E-state index in [-0.39, 0.29) is 17.4 Å². The number of carbonyl (C=O) groups excluding carboxylic acids is 2. The van der Waals surface area contributed by atoms with Crippen molar-refractivity contribution in [2.24, 2.45) is 5.73 Å². The van der Waals surface area contributed by atoms with Gasteiger partial charge < -0.3 is 20.8 Å². The monoisotopic (exact) mass is 522 g/mol. The Morgan fingerprint density at radius 2 is 1.82 bits per heavy atom. The van der Waals surface area contributed by atoms with Crippen LogP contribution >= 0.6 is 0 Å². The highest BCUT2D eigenvalue weighted by atomic mass is 19.1. The molecule has 196 valence electrons. The minimum atomic E-state index is -0.459. The van der Waals surface area contributed by atoms with Crippen molar-refractivity contribution in [3.05, 3.63) is 114 Å². The van der Waals surface area contributed by atoms with E-state index in [4.69, 9.17) is 15.1 Å². The average Bonchev–Trinajstić information content (AvgIpc) is 3.64. The molecule has 1 aliphatic carbocycles. The molecule has 1 saturated carbocycles. The van der Waals surface area contributed by atoms with Crippen LogP contribution in [0.5, 0.6) is 0 Å². The molecule has 0 saturated heterocycles. The summed E-state index contributed by atoms with van der Waals surface area (Å²) in [6.45, 7) is 4.11. The highest BCUT2D eigenvalue weighted by molar-refractivity contribution is 6.10. The van der Waals surface area contributed by atoms with E-state index in [1.165, 1.54) is 25.4 Å². The Balaban J connectivity index is 1.47. The molecule has 2 aromatic carbocycles. The zero-order chi connectivity index (χ0) is 27.6. The van der Waals surface area contributed by atoms with Gasteiger partial charge in [-0.25, -0.2) is 9.37 Å². The van der Waals surface area contributed by atoms with Crippen molar-refractivity contribution in [3.8, 4) is 22.6 Å². The van der Waals surface area contributed by atoms with Crippen LogP contribution in [0.4, 0.5) is 4.39 Å². The van der Waals surface area contributed by atoms with Gasteiger partial charge in [0.1, 0.15) is 22.7 Å². The van der Waals surface area contributed by atoms with Crippen LogP contribution in [0.1, 0.15) is 33.6 Å². The lowest BCUT2D eigenvalue weighted by molar-refractivity contribution is 0.0936. The number of nitrogens with one attached hydrogen (secondary N) is 2. The van der Waals surface area contributed by atoms with E-state index in [1.807, 2.05) is 12.1 Å². The molecule has 8 heteroatoms. The van der Waals surface area contributed by atoms with E-state index in [0.29, 0.717) is 39.2 Å². The minimum Gasteiger partial charge on any atom is -0.454 e. The maximum absolute atomic E-state index is 13.5. The highest BCUT2D eigenvalue weighted by Crippen LogP contribution is 2.42. The SMILES string of the molecule is C=C(/C=C\C=C/N)C1(NC(=O)c2cccc(-c3ccc4oc(-c5ccc(F)cc5)c(C(=O)NC)c4n3)c2)CC1. The number of furan rings is 1. The minimum absolute atomic E-state index is 0.215. The average molecular weight is 523 g/mol. The lowest BCUT2D eigenvalue weighted by Gasteiger charge is -2.18. The van der Waals surface area contributed by atoms with Crippen molar-refractivity contribution in [3.63, 3.8) is 0 Å². The third-order valence-electron chi connectivity index (χ3n) is 6.75. The fourth-order valence-electron chi connectivity index (χ4n) is 4.43. The van der Waals surface area contributed by atoms with Crippen molar-refractivity contribution < 1.29 is 18.4 Å². The molecule has 1 fully saturated rings. The lowest BCUT2D eigenvalue weighted by Crippen LogP contribution is -2.37. The second kappa shape index (κ2) is 10.4. The van der Waals surface area contributed by atoms with Gasteiger partial charge in [-0.05, 0) is 79.2 Å². The van der Waals surface area contributed by atoms with Gasteiger partial charge >= 0.3 is 0 Å². The Hall–Kier alpha value is -4.98. The van der Waals surface area contributed by atoms with Crippen molar-refractivity contribution in [2.75, 3.05) is 7.05 Å². The molecule has 0 bridgehead atoms. The van der Waals surface area contributed by atoms with E-state index < -0.39 is 11.4 Å². The number of allylic oxidation sites excluding steroid dienone is 2. The number of pyridine rings is 1. The van der Waals surface area contributed by atoms with E-state index in [2.05, 4.69) is 17.2 Å². The van der Waals surface area contributed by atoms with Gasteiger partial charge in [-0.15, -0.1) is 0 Å². The lowest BCUT2D eigenvalue weighted by atomic mass is 10.0. The first-order valence-corrected chi connectivity index (χ1v) is 12.4. The first-order valence-electron chi connectivity index (χ1n) is 12.4. The number of hydrogen-bond donors (Lipinski definition) is 3. The molecule has 1 aliphatic rings. The van der Waals surface area contributed by atoms with Crippen LogP contribution in [0.15, 0.2) is 102 Å². The summed E-state index contributed by atoms with van der Waals surface area (Å²) in [7, 11) is 1.52. The molecular weight excluding hydrogens is 495 g/mol. The van der Waals surface area contributed by atoms with E-state index >= 15 is 0 Å². The Bertz CT molecular complexity index is 1650. The van der Waals surface area contributed by atoms with Crippen molar-refractivity contribution in [2.45, 2.75) is 18.4 Å². The maximum Gasteiger partial charge on any atom is 0.257 e. The Labute approximate surface area is 224 Å². The summed E-state index contributed by atoms with van der Waals surface area (Å²) in [6, 6.07) is 16.3. The summed E-state index contributed by atoms with van der Waals surface area (Å²) in [5.41, 5.74) is 9.07. The van der Waals surface area contributed by atoms with Crippen molar-refractivity contribution in [1.29, 1.82) is 0 Å². The molecule has 39 heavy (non-hydrogen) atoms. The molecule has 7 nitrogen and oxygen atoms in total. The Morgan fingerprint density at radius 3 is 2.51 bits per heavy atom. The van der Waals surface area contributed by atoms with Gasteiger partial charge in [0, 0.05) is 23.7 Å². The fraction of sp³-hybridized carbons (Fsp3) is 0.129. The van der Waals surface area contributed by atoms with Gasteiger partial charge in [0.2, 0.25) is 0 Å². The topological polar surface area (TPSA) is 110 Å². The molecule has 4 aromatic rings. The molecule has 0 radical (unpaired) electrons. The third-order valence-corrected chi connectivity index (χ3v) is 6.75. The number of nitrogens with zero attached hydrogens (tertiary/aromatic N) is 1. The van der Waals surface area contributed by atoms with E-state index in [0.717, 1.165) is 18.4 Å². The van der Waals surface area contributed by atoms with Crippen molar-refractivity contribution in [1.82, 2.24) is 15.6 Å². The van der Waals surface area contributed by atoms with Crippen LogP contribution < -0.4 is 16.4 Å². The molecule has 5 rings (SSSR count). The zero-order valence-electron chi connectivity index (χ0n) is 21.3. The van der Waals surface area contributed by atoms with Crippen LogP contribution in [-0.4, -0.2) is 29.4 Å². The number of carbonyl (C=O) groups is 2. The second-order valence-corrected chi connectivity index (χ2v) is 9.32. The summed E-state index contributed by atoms with van der Waals surface area (Å²) in [6.07, 6.45) is 8.40. The summed E-state index contributed by atoms with van der Waals surface area (Å²) in [5, 5.41) is 5.74. The van der Waals surface area contributed by atoms with Gasteiger partial charge in [-0.3, -0.25) is 9.59 Å². The number of nitrogens with two attached hydrogens (primary N) is 1. The standard InChI is InChI=1S/C31H27FN4O3/c1-19(6-3-4-17-33)31(15-16-31)36-29(37)22-8-5-7-21(18-22)24-13-14-25-27(35-24)26(30(38)34-2)28(39-25)20-9-11-23(32)12-10-20/h3-14,17-18H,1,15-16,33H2,2H3,(H,34,38)(H,36,37)/b6-3-,17-4-. The van der Waals surface area contributed by atoms with Gasteiger partial charge in [-0.2, -0.15) is 0 Å². The molecule has 0 atom stereocenters. The first-order chi connectivity index (χ1) is 18.8. The molecule has 4 N–H and O–H groups in total. The third kappa shape index (κ3) is 5.09. The summed E-state index contributed by atoms with van der Waals surface area (Å²) in [5.74, 6) is -0.685. The molecule has 0 unspecified atom stereocenters. The molecule has 0 spiro atoms. The molecule has 0 aliphatic heterocycles. The van der Waals surface area contributed by atoms with Gasteiger partial charge in [0.05, 0.1) is 11.2 Å². The maximum atomic E-state index is 13.5. The predicted molar refractivity (Wildman–Crippen MR) is 149 cm³/mol. The summed E-state index contributed by atoms with van der Waals surface area (Å²) < 4.78 is 19.5. The molecule has 2 aromatic heterocycles. The number of halogens is 1. The quantitative estimate of drug-likeness (QED) is 0.265. The zero-order valence-corrected chi connectivity index (χ0v) is 21.3. The van der Waals surface area contributed by atoms with Crippen LogP contribution in [0.3, 0.4) is 0 Å². The van der Waals surface area contributed by atoms with Gasteiger partial charge in [0.25, 0.3) is 11.8 Å². The molecule has 2 amide bonds. The number of hydrogen-bond acceptors (Lipinski definition) is 5. The van der Waals surface area contributed by atoms with Crippen LogP contribution in [-0.2, 0) is 0 Å². The number of rotatable bonds is 8. The summed E-state index contributed by atoms with van der Waals surface area (Å²) >= 11 is 0. The van der Waals surface area contributed by atoms with Crippen LogP contribution in [0, 0.1) is 5.82 Å². The number of fused-ring (bicyclic) bond motifs is 1. The Morgan fingerprint density at radius 1 is 1.05 bits per heavy atom. The Kier molecular flexibility index (Phi) is 6.85. The van der Waals surface area contributed by atoms with Crippen LogP contribution in [0.2, 0.25) is 0 Å². The molecule has 2 heterocycles. The second-order valence-electron chi connectivity index (χ2n) is 9.32. The van der Waals surface area contributed by atoms with Crippen LogP contribution in [0.25, 0.3) is 33.7 Å². The first kappa shape index (κ1) is 25.7. The largest absolute Gasteiger partial charge is 0.454 e. The predicted octanol–water partition coefficient (Wildman–Crippen LogP) is 5.51. The number of amides is 2. The fourth-order valence-corrected chi connectivity index (χ4v) is 4.43. The van der Waals surface area contributed by atoms with E-state index in [9.17, 15) is 14.0 Å².